The Morgan fingerprint density at radius 1 is 1.10 bits per heavy atom. The fourth-order valence-electron chi connectivity index (χ4n) is 1.90. The van der Waals surface area contributed by atoms with Crippen LogP contribution in [0.2, 0.25) is 0 Å². The van der Waals surface area contributed by atoms with Crippen LogP contribution in [0.25, 0.3) is 0 Å². The van der Waals surface area contributed by atoms with Crippen molar-refractivity contribution in [3.05, 3.63) is 23.0 Å². The number of carbonyl (C=O) groups excluding carboxylic acids is 2. The summed E-state index contributed by atoms with van der Waals surface area (Å²) in [7, 11) is 6.40. The summed E-state index contributed by atoms with van der Waals surface area (Å²) in [6, 6.07) is 0. The van der Waals surface area contributed by atoms with Gasteiger partial charge in [0.1, 0.15) is 0 Å². The normalized spacial score (nSPS) is 16.2. The van der Waals surface area contributed by atoms with Crippen molar-refractivity contribution in [2.24, 2.45) is 4.99 Å². The molecule has 0 bridgehead atoms. The molecule has 0 aliphatic carbocycles. The van der Waals surface area contributed by atoms with Gasteiger partial charge in [-0.25, -0.2) is 0 Å². The number of esters is 2. The molecule has 1 heterocycles. The molecular formula is C14H20N2O4. The third kappa shape index (κ3) is 3.94. The van der Waals surface area contributed by atoms with Gasteiger partial charge in [0.2, 0.25) is 0 Å². The molecule has 0 atom stereocenters. The molecule has 0 saturated heterocycles. The summed E-state index contributed by atoms with van der Waals surface area (Å²) in [6.45, 7) is 1.81. The molecule has 20 heavy (non-hydrogen) atoms. The van der Waals surface area contributed by atoms with Gasteiger partial charge in [-0.1, -0.05) is 0 Å². The van der Waals surface area contributed by atoms with Crippen LogP contribution in [0.3, 0.4) is 0 Å². The summed E-state index contributed by atoms with van der Waals surface area (Å²) in [5, 5.41) is 0. The van der Waals surface area contributed by atoms with E-state index in [9.17, 15) is 9.59 Å². The van der Waals surface area contributed by atoms with Crippen molar-refractivity contribution >= 4 is 17.7 Å². The Balaban J connectivity index is 3.17. The van der Waals surface area contributed by atoms with E-state index >= 15 is 0 Å². The van der Waals surface area contributed by atoms with E-state index in [1.165, 1.54) is 14.2 Å². The summed E-state index contributed by atoms with van der Waals surface area (Å²) >= 11 is 0. The number of hydrogen-bond acceptors (Lipinski definition) is 6. The van der Waals surface area contributed by atoms with E-state index in [0.717, 1.165) is 11.3 Å². The lowest BCUT2D eigenvalue weighted by molar-refractivity contribution is -0.141. The molecule has 110 valence electrons. The van der Waals surface area contributed by atoms with Gasteiger partial charge in [0.05, 0.1) is 32.8 Å². The van der Waals surface area contributed by atoms with Crippen LogP contribution in [0.15, 0.2) is 28.0 Å². The number of methoxy groups -OCH3 is 2. The van der Waals surface area contributed by atoms with Gasteiger partial charge in [-0.3, -0.25) is 14.6 Å². The molecule has 0 amide bonds. The largest absolute Gasteiger partial charge is 0.469 e. The minimum atomic E-state index is -0.364. The first-order valence-corrected chi connectivity index (χ1v) is 6.19. The van der Waals surface area contributed by atoms with E-state index in [-0.39, 0.29) is 24.8 Å². The number of nitrogens with zero attached hydrogens (tertiary/aromatic N) is 2. The zero-order chi connectivity index (χ0) is 15.3. The van der Waals surface area contributed by atoms with Gasteiger partial charge >= 0.3 is 11.9 Å². The molecule has 0 N–H and O–H groups in total. The predicted molar refractivity (Wildman–Crippen MR) is 75.2 cm³/mol. The van der Waals surface area contributed by atoms with Crippen LogP contribution < -0.4 is 0 Å². The maximum absolute atomic E-state index is 11.5. The summed E-state index contributed by atoms with van der Waals surface area (Å²) in [5.41, 5.74) is 2.85. The average molecular weight is 280 g/mol. The molecule has 0 spiro atoms. The number of hydrogen-bond donors (Lipinski definition) is 0. The highest BCUT2D eigenvalue weighted by molar-refractivity contribution is 6.06. The van der Waals surface area contributed by atoms with Crippen LogP contribution in [0.1, 0.15) is 19.8 Å². The molecule has 1 aliphatic rings. The highest BCUT2D eigenvalue weighted by Crippen LogP contribution is 2.30. The van der Waals surface area contributed by atoms with Crippen molar-refractivity contribution in [3.63, 3.8) is 0 Å². The van der Waals surface area contributed by atoms with Crippen molar-refractivity contribution < 1.29 is 19.1 Å². The topological polar surface area (TPSA) is 68.2 Å². The number of ether oxygens (including phenoxy) is 2. The molecular weight excluding hydrogens is 260 g/mol. The van der Waals surface area contributed by atoms with Gasteiger partial charge in [-0.2, -0.15) is 0 Å². The Morgan fingerprint density at radius 2 is 1.60 bits per heavy atom. The number of carbonyl (C=O) groups is 2. The minimum Gasteiger partial charge on any atom is -0.469 e. The van der Waals surface area contributed by atoms with Crippen LogP contribution in [-0.2, 0) is 19.1 Å². The van der Waals surface area contributed by atoms with Gasteiger partial charge in [0.25, 0.3) is 0 Å². The number of aliphatic imine (C=N–C) groups is 1. The fraction of sp³-hybridized carbons (Fsp3) is 0.500. The van der Waals surface area contributed by atoms with Crippen LogP contribution in [-0.4, -0.2) is 50.9 Å². The van der Waals surface area contributed by atoms with E-state index in [1.807, 2.05) is 32.1 Å². The Morgan fingerprint density at radius 3 is 2.05 bits per heavy atom. The third-order valence-electron chi connectivity index (χ3n) is 2.88. The zero-order valence-electron chi connectivity index (χ0n) is 12.5. The summed E-state index contributed by atoms with van der Waals surface area (Å²) in [5.74, 6) is -0.722. The second-order valence-corrected chi connectivity index (χ2v) is 4.64. The van der Waals surface area contributed by atoms with E-state index in [2.05, 4.69) is 9.73 Å². The Kier molecular flexibility index (Phi) is 5.49. The molecule has 1 rings (SSSR count). The van der Waals surface area contributed by atoms with E-state index in [0.29, 0.717) is 11.3 Å². The Labute approximate surface area is 118 Å². The molecule has 6 heteroatoms. The average Bonchev–Trinajstić information content (AvgIpc) is 2.65. The highest BCUT2D eigenvalue weighted by Gasteiger charge is 2.25. The van der Waals surface area contributed by atoms with Gasteiger partial charge in [-0.05, 0) is 18.1 Å². The molecule has 0 aromatic carbocycles. The summed E-state index contributed by atoms with van der Waals surface area (Å²) < 4.78 is 9.38. The lowest BCUT2D eigenvalue weighted by Crippen LogP contribution is -2.10. The molecule has 0 aromatic rings. The zero-order valence-corrected chi connectivity index (χ0v) is 12.5. The third-order valence-corrected chi connectivity index (χ3v) is 2.88. The van der Waals surface area contributed by atoms with Gasteiger partial charge < -0.3 is 14.4 Å². The Bertz CT molecular complexity index is 501. The van der Waals surface area contributed by atoms with Crippen LogP contribution in [0.4, 0.5) is 0 Å². The van der Waals surface area contributed by atoms with Crippen LogP contribution >= 0.6 is 0 Å². The van der Waals surface area contributed by atoms with Crippen molar-refractivity contribution in [2.45, 2.75) is 19.8 Å². The van der Waals surface area contributed by atoms with Crippen LogP contribution in [0.5, 0.6) is 0 Å². The number of rotatable bonds is 5. The standard InChI is InChI=1S/C14H20N2O4/c1-9-10(6-13(17)19-4)11(7-14(18)20-5)12(15-9)8-16(2)3/h8H,6-7H2,1-5H3/b12-8-. The first-order chi connectivity index (χ1) is 9.38. The summed E-state index contributed by atoms with van der Waals surface area (Å²) in [6.07, 6.45) is 2.00. The van der Waals surface area contributed by atoms with Gasteiger partial charge in [-0.15, -0.1) is 0 Å². The quantitative estimate of drug-likeness (QED) is 0.710. The second kappa shape index (κ2) is 6.88. The first-order valence-electron chi connectivity index (χ1n) is 6.19. The second-order valence-electron chi connectivity index (χ2n) is 4.64. The van der Waals surface area contributed by atoms with Gasteiger partial charge in [0.15, 0.2) is 0 Å². The molecule has 0 saturated carbocycles. The molecule has 6 nitrogen and oxygen atoms in total. The van der Waals surface area contributed by atoms with Crippen molar-refractivity contribution in [3.8, 4) is 0 Å². The maximum Gasteiger partial charge on any atom is 0.310 e. The minimum absolute atomic E-state index is 0.0866. The Hall–Kier alpha value is -2.11. The molecule has 0 radical (unpaired) electrons. The smallest absolute Gasteiger partial charge is 0.310 e. The molecule has 0 unspecified atom stereocenters. The lowest BCUT2D eigenvalue weighted by atomic mass is 9.99. The van der Waals surface area contributed by atoms with Crippen molar-refractivity contribution in [2.75, 3.05) is 28.3 Å². The molecule has 1 aliphatic heterocycles. The molecule has 0 fully saturated rings. The monoisotopic (exact) mass is 280 g/mol. The summed E-state index contributed by atoms with van der Waals surface area (Å²) in [4.78, 5) is 29.3. The van der Waals surface area contributed by atoms with Crippen molar-refractivity contribution in [1.82, 2.24) is 4.90 Å². The lowest BCUT2D eigenvalue weighted by Gasteiger charge is -2.10. The van der Waals surface area contributed by atoms with E-state index in [1.54, 1.807) is 0 Å². The SMILES string of the molecule is COC(=O)CC1=C(CC(=O)OC)/C(=C/N(C)C)N=C1C. The maximum atomic E-state index is 11.5. The highest BCUT2D eigenvalue weighted by atomic mass is 16.5. The predicted octanol–water partition coefficient (Wildman–Crippen LogP) is 1.29. The fourth-order valence-corrected chi connectivity index (χ4v) is 1.90. The van der Waals surface area contributed by atoms with Crippen LogP contribution in [0, 0.1) is 0 Å². The number of allylic oxidation sites excluding steroid dienone is 1. The van der Waals surface area contributed by atoms with E-state index in [4.69, 9.17) is 4.74 Å². The van der Waals surface area contributed by atoms with Crippen molar-refractivity contribution in [1.29, 1.82) is 0 Å². The van der Waals surface area contributed by atoms with E-state index < -0.39 is 0 Å². The first kappa shape index (κ1) is 15.9. The molecule has 0 aromatic heterocycles. The van der Waals surface area contributed by atoms with Gasteiger partial charge in [0, 0.05) is 26.0 Å².